The average Bonchev–Trinajstić information content (AvgIpc) is 2.43. The molecule has 1 nitrogen and oxygen atoms in total. The average molecular weight is 265 g/mol. The number of nitrogens with one attached hydrogen (secondary N) is 1. The predicted octanol–water partition coefficient (Wildman–Crippen LogP) is 4.13. The molecule has 0 aliphatic carbocycles. The summed E-state index contributed by atoms with van der Waals surface area (Å²) in [5.74, 6) is 1.24. The maximum absolute atomic E-state index is 3.45. The van der Waals surface area contributed by atoms with Crippen molar-refractivity contribution >= 4 is 11.8 Å². The van der Waals surface area contributed by atoms with Gasteiger partial charge in [0.1, 0.15) is 0 Å². The fourth-order valence-corrected chi connectivity index (χ4v) is 3.04. The molecule has 0 fully saturated rings. The molecule has 18 heavy (non-hydrogen) atoms. The van der Waals surface area contributed by atoms with Crippen LogP contribution in [-0.2, 0) is 6.42 Å². The van der Waals surface area contributed by atoms with Gasteiger partial charge in [-0.3, -0.25) is 0 Å². The van der Waals surface area contributed by atoms with Gasteiger partial charge in [0.15, 0.2) is 0 Å². The van der Waals surface area contributed by atoms with Crippen LogP contribution in [0.4, 0.5) is 0 Å². The lowest BCUT2D eigenvalue weighted by molar-refractivity contribution is 0.548. The van der Waals surface area contributed by atoms with E-state index in [0.717, 1.165) is 5.25 Å². The first-order valence-corrected chi connectivity index (χ1v) is 8.14. The van der Waals surface area contributed by atoms with E-state index in [0.29, 0.717) is 6.04 Å². The van der Waals surface area contributed by atoms with E-state index in [9.17, 15) is 0 Å². The molecule has 0 radical (unpaired) electrons. The molecule has 1 aromatic carbocycles. The molecule has 0 aliphatic heterocycles. The van der Waals surface area contributed by atoms with E-state index in [2.05, 4.69) is 68.3 Å². The van der Waals surface area contributed by atoms with Gasteiger partial charge in [0.2, 0.25) is 0 Å². The molecule has 1 aromatic rings. The third kappa shape index (κ3) is 6.46. The maximum Gasteiger partial charge on any atom is 0.0155 e. The van der Waals surface area contributed by atoms with Crippen molar-refractivity contribution < 1.29 is 0 Å². The lowest BCUT2D eigenvalue weighted by atomic mass is 10.1. The smallest absolute Gasteiger partial charge is 0.0155 e. The van der Waals surface area contributed by atoms with Crippen LogP contribution in [0.1, 0.15) is 38.7 Å². The van der Waals surface area contributed by atoms with Crippen LogP contribution in [0, 0.1) is 0 Å². The molecule has 2 unspecified atom stereocenters. The number of hydrogen-bond donors (Lipinski definition) is 1. The summed E-state index contributed by atoms with van der Waals surface area (Å²) in [5.41, 5.74) is 1.46. The molecule has 102 valence electrons. The third-order valence-electron chi connectivity index (χ3n) is 3.43. The summed E-state index contributed by atoms with van der Waals surface area (Å²) in [4.78, 5) is 0. The predicted molar refractivity (Wildman–Crippen MR) is 84.4 cm³/mol. The highest BCUT2D eigenvalue weighted by molar-refractivity contribution is 7.99. The summed E-state index contributed by atoms with van der Waals surface area (Å²) in [6.07, 6.45) is 5.02. The van der Waals surface area contributed by atoms with E-state index in [1.807, 2.05) is 0 Å². The molecule has 0 spiro atoms. The Morgan fingerprint density at radius 3 is 2.56 bits per heavy atom. The highest BCUT2D eigenvalue weighted by Crippen LogP contribution is 2.17. The first-order chi connectivity index (χ1) is 8.76. The normalized spacial score (nSPS) is 14.4. The van der Waals surface area contributed by atoms with E-state index >= 15 is 0 Å². The second-order valence-corrected chi connectivity index (χ2v) is 6.39. The zero-order valence-electron chi connectivity index (χ0n) is 12.0. The summed E-state index contributed by atoms with van der Waals surface area (Å²) in [7, 11) is 2.09. The monoisotopic (exact) mass is 265 g/mol. The van der Waals surface area contributed by atoms with Crippen molar-refractivity contribution in [2.75, 3.05) is 12.8 Å². The van der Waals surface area contributed by atoms with Crippen molar-refractivity contribution in [3.05, 3.63) is 35.9 Å². The molecular weight excluding hydrogens is 238 g/mol. The number of hydrogen-bond acceptors (Lipinski definition) is 2. The first kappa shape index (κ1) is 15.6. The quantitative estimate of drug-likeness (QED) is 0.720. The number of benzene rings is 1. The molecular formula is C16H27NS. The Labute approximate surface area is 117 Å². The Hall–Kier alpha value is -0.470. The van der Waals surface area contributed by atoms with Gasteiger partial charge in [0, 0.05) is 17.0 Å². The van der Waals surface area contributed by atoms with Gasteiger partial charge in [0.25, 0.3) is 0 Å². The number of rotatable bonds is 9. The Morgan fingerprint density at radius 2 is 1.94 bits per heavy atom. The minimum Gasteiger partial charge on any atom is -0.316 e. The summed E-state index contributed by atoms with van der Waals surface area (Å²) >= 11 is 2.09. The molecule has 0 amide bonds. The van der Waals surface area contributed by atoms with Crippen molar-refractivity contribution in [2.24, 2.45) is 0 Å². The molecule has 0 aromatic heterocycles. The van der Waals surface area contributed by atoms with Gasteiger partial charge in [0.05, 0.1) is 0 Å². The van der Waals surface area contributed by atoms with Crippen LogP contribution in [0.2, 0.25) is 0 Å². The lowest BCUT2D eigenvalue weighted by Crippen LogP contribution is -2.28. The van der Waals surface area contributed by atoms with Gasteiger partial charge in [-0.2, -0.15) is 11.8 Å². The van der Waals surface area contributed by atoms with Crippen LogP contribution in [0.15, 0.2) is 30.3 Å². The van der Waals surface area contributed by atoms with Crippen molar-refractivity contribution in [1.82, 2.24) is 5.32 Å². The van der Waals surface area contributed by atoms with Gasteiger partial charge in [-0.15, -0.1) is 0 Å². The Kier molecular flexibility index (Phi) is 8.19. The van der Waals surface area contributed by atoms with Crippen molar-refractivity contribution in [1.29, 1.82) is 0 Å². The minimum absolute atomic E-state index is 0.660. The largest absolute Gasteiger partial charge is 0.316 e. The molecule has 0 bridgehead atoms. The second kappa shape index (κ2) is 9.46. The molecule has 1 N–H and O–H groups in total. The molecule has 0 saturated heterocycles. The van der Waals surface area contributed by atoms with Crippen LogP contribution < -0.4 is 5.32 Å². The van der Waals surface area contributed by atoms with Crippen LogP contribution in [-0.4, -0.2) is 24.1 Å². The van der Waals surface area contributed by atoms with E-state index in [-0.39, 0.29) is 0 Å². The second-order valence-electron chi connectivity index (χ2n) is 4.92. The van der Waals surface area contributed by atoms with Crippen LogP contribution in [0.3, 0.4) is 0 Å². The fourth-order valence-electron chi connectivity index (χ4n) is 1.91. The Morgan fingerprint density at radius 1 is 1.22 bits per heavy atom. The fraction of sp³-hybridized carbons (Fsp3) is 0.625. The standard InChI is InChI=1S/C16H27NS/c1-4-14(2)18-13-16(17-3)12-8-11-15-9-6-5-7-10-15/h5-7,9-10,14,16-17H,4,8,11-13H2,1-3H3. The first-order valence-electron chi connectivity index (χ1n) is 7.09. The van der Waals surface area contributed by atoms with E-state index in [1.54, 1.807) is 0 Å². The van der Waals surface area contributed by atoms with Gasteiger partial charge < -0.3 is 5.32 Å². The summed E-state index contributed by atoms with van der Waals surface area (Å²) in [6.45, 7) is 4.59. The molecule has 0 aliphatic rings. The molecule has 2 atom stereocenters. The molecule has 1 rings (SSSR count). The molecule has 2 heteroatoms. The van der Waals surface area contributed by atoms with E-state index < -0.39 is 0 Å². The van der Waals surface area contributed by atoms with Gasteiger partial charge in [-0.25, -0.2) is 0 Å². The van der Waals surface area contributed by atoms with Gasteiger partial charge >= 0.3 is 0 Å². The highest BCUT2D eigenvalue weighted by atomic mass is 32.2. The summed E-state index contributed by atoms with van der Waals surface area (Å²) in [5, 5.41) is 4.23. The zero-order valence-corrected chi connectivity index (χ0v) is 12.8. The van der Waals surface area contributed by atoms with E-state index in [4.69, 9.17) is 0 Å². The Balaban J connectivity index is 2.19. The highest BCUT2D eigenvalue weighted by Gasteiger charge is 2.08. The van der Waals surface area contributed by atoms with Gasteiger partial charge in [-0.05, 0) is 38.3 Å². The Bertz CT molecular complexity index is 299. The number of thioether (sulfide) groups is 1. The van der Waals surface area contributed by atoms with Crippen LogP contribution in [0.25, 0.3) is 0 Å². The number of aryl methyl sites for hydroxylation is 1. The minimum atomic E-state index is 0.660. The summed E-state index contributed by atoms with van der Waals surface area (Å²) in [6, 6.07) is 11.5. The van der Waals surface area contributed by atoms with Crippen LogP contribution in [0.5, 0.6) is 0 Å². The SMILES string of the molecule is CCC(C)SCC(CCCc1ccccc1)NC. The van der Waals surface area contributed by atoms with Crippen molar-refractivity contribution in [2.45, 2.75) is 50.8 Å². The summed E-state index contributed by atoms with van der Waals surface area (Å²) < 4.78 is 0. The van der Waals surface area contributed by atoms with Crippen molar-refractivity contribution in [3.8, 4) is 0 Å². The lowest BCUT2D eigenvalue weighted by Gasteiger charge is -2.18. The zero-order chi connectivity index (χ0) is 13.2. The van der Waals surface area contributed by atoms with Crippen LogP contribution >= 0.6 is 11.8 Å². The van der Waals surface area contributed by atoms with Gasteiger partial charge in [-0.1, -0.05) is 44.2 Å². The third-order valence-corrected chi connectivity index (χ3v) is 4.92. The molecule has 0 heterocycles. The molecule has 0 saturated carbocycles. The van der Waals surface area contributed by atoms with Crippen molar-refractivity contribution in [3.63, 3.8) is 0 Å². The topological polar surface area (TPSA) is 12.0 Å². The maximum atomic E-state index is 3.45. The van der Waals surface area contributed by atoms with E-state index in [1.165, 1.54) is 37.0 Å².